The zero-order valence-corrected chi connectivity index (χ0v) is 24.3. The van der Waals surface area contributed by atoms with Crippen molar-refractivity contribution in [1.82, 2.24) is 35.7 Å². The topological polar surface area (TPSA) is 137 Å². The molecule has 46 heavy (non-hydrogen) atoms. The van der Waals surface area contributed by atoms with Crippen LogP contribution in [0.25, 0.3) is 33.7 Å². The predicted molar refractivity (Wildman–Crippen MR) is 155 cm³/mol. The summed E-state index contributed by atoms with van der Waals surface area (Å²) >= 11 is 0. The molecule has 8 rings (SSSR count). The first-order chi connectivity index (χ1) is 22.3. The second-order valence-corrected chi connectivity index (χ2v) is 12.2. The van der Waals surface area contributed by atoms with Crippen LogP contribution in [-0.2, 0) is 11.3 Å². The molecule has 0 spiro atoms. The lowest BCUT2D eigenvalue weighted by atomic mass is 9.82. The van der Waals surface area contributed by atoms with E-state index >= 15 is 0 Å². The Kier molecular flexibility index (Phi) is 7.07. The van der Waals surface area contributed by atoms with Crippen LogP contribution in [0, 0.1) is 17.7 Å². The molecule has 3 heterocycles. The SMILES string of the molecule is Fc1cc(-c2nnn[nH]2)c2ncc(NC3C4CCC3CC(OCc3c(-c5ccccc5OC(F)(F)F)noc3C3CC3)C4)nc2c1. The number of nitrogens with one attached hydrogen (secondary N) is 2. The Labute approximate surface area is 259 Å². The average molecular weight is 637 g/mol. The van der Waals surface area contributed by atoms with Gasteiger partial charge in [0.15, 0.2) is 5.82 Å². The summed E-state index contributed by atoms with van der Waals surface area (Å²) in [6.07, 6.45) is 2.29. The largest absolute Gasteiger partial charge is 0.573 e. The summed E-state index contributed by atoms with van der Waals surface area (Å²) in [5, 5.41) is 21.4. The third-order valence-electron chi connectivity index (χ3n) is 9.18. The van der Waals surface area contributed by atoms with Crippen molar-refractivity contribution in [2.24, 2.45) is 11.8 Å². The van der Waals surface area contributed by atoms with Gasteiger partial charge in [0.25, 0.3) is 0 Å². The first-order valence-corrected chi connectivity index (χ1v) is 15.2. The normalized spacial score (nSPS) is 22.8. The quantitative estimate of drug-likeness (QED) is 0.171. The molecule has 11 nitrogen and oxygen atoms in total. The Morgan fingerprint density at radius 1 is 1.02 bits per heavy atom. The highest BCUT2D eigenvalue weighted by Crippen LogP contribution is 2.48. The molecule has 3 aliphatic carbocycles. The number of anilines is 1. The Bertz CT molecular complexity index is 1860. The molecule has 3 fully saturated rings. The number of H-pyrrole nitrogens is 1. The molecule has 2 aromatic carbocycles. The number of benzene rings is 2. The standard InChI is InChI=1S/C31H28F4N8O3/c32-18-11-21(30-39-42-43-40-30)28-23(12-18)37-25(13-36-28)38-26-16-7-8-17(26)10-19(9-16)44-14-22-27(41-46-29(22)15-5-6-15)20-3-1-2-4-24(20)45-31(33,34)35/h1-4,11-13,15-17,19,26H,5-10,14H2,(H,37,38)(H,39,40,42,43). The number of hydrogen-bond acceptors (Lipinski definition) is 10. The van der Waals surface area contributed by atoms with Crippen LogP contribution in [0.4, 0.5) is 23.4 Å². The second-order valence-electron chi connectivity index (χ2n) is 12.2. The molecule has 3 saturated carbocycles. The first-order valence-electron chi connectivity index (χ1n) is 15.2. The molecular formula is C31H28F4N8O3. The number of halogens is 4. The van der Waals surface area contributed by atoms with Crippen molar-refractivity contribution in [2.75, 3.05) is 5.32 Å². The zero-order chi connectivity index (χ0) is 31.4. The highest BCUT2D eigenvalue weighted by molar-refractivity contribution is 5.90. The summed E-state index contributed by atoms with van der Waals surface area (Å²) < 4.78 is 70.4. The maximum atomic E-state index is 14.5. The lowest BCUT2D eigenvalue weighted by Gasteiger charge is -2.36. The Morgan fingerprint density at radius 3 is 2.57 bits per heavy atom. The molecular weight excluding hydrogens is 608 g/mol. The Morgan fingerprint density at radius 2 is 1.83 bits per heavy atom. The summed E-state index contributed by atoms with van der Waals surface area (Å²) in [6, 6.07) is 8.75. The molecule has 0 radical (unpaired) electrons. The minimum absolute atomic E-state index is 0.0399. The van der Waals surface area contributed by atoms with E-state index in [-0.39, 0.29) is 36.0 Å². The third-order valence-corrected chi connectivity index (χ3v) is 9.18. The van der Waals surface area contributed by atoms with E-state index in [9.17, 15) is 17.6 Å². The summed E-state index contributed by atoms with van der Waals surface area (Å²) in [4.78, 5) is 9.22. The number of tetrazole rings is 1. The van der Waals surface area contributed by atoms with Crippen LogP contribution in [0.5, 0.6) is 5.75 Å². The van der Waals surface area contributed by atoms with Crippen LogP contribution in [0.2, 0.25) is 0 Å². The molecule has 15 heteroatoms. The molecule has 0 amide bonds. The second kappa shape index (κ2) is 11.3. The van der Waals surface area contributed by atoms with Gasteiger partial charge in [-0.25, -0.2) is 19.5 Å². The van der Waals surface area contributed by atoms with Crippen molar-refractivity contribution in [2.45, 2.75) is 69.6 Å². The summed E-state index contributed by atoms with van der Waals surface area (Å²) in [7, 11) is 0. The van der Waals surface area contributed by atoms with E-state index in [1.807, 2.05) is 0 Å². The van der Waals surface area contributed by atoms with Gasteiger partial charge in [0.05, 0.1) is 30.0 Å². The number of alkyl halides is 3. The lowest BCUT2D eigenvalue weighted by Crippen LogP contribution is -2.39. The number of aromatic amines is 1. The van der Waals surface area contributed by atoms with Crippen molar-refractivity contribution in [3.63, 3.8) is 0 Å². The van der Waals surface area contributed by atoms with E-state index in [2.05, 4.69) is 45.8 Å². The zero-order valence-electron chi connectivity index (χ0n) is 24.3. The Hall–Kier alpha value is -4.66. The van der Waals surface area contributed by atoms with Gasteiger partial charge >= 0.3 is 6.36 Å². The fraction of sp³-hybridized carbons (Fsp3) is 0.419. The van der Waals surface area contributed by atoms with E-state index in [4.69, 9.17) is 9.26 Å². The smallest absolute Gasteiger partial charge is 0.405 e. The van der Waals surface area contributed by atoms with Crippen LogP contribution < -0.4 is 10.1 Å². The van der Waals surface area contributed by atoms with Crippen molar-refractivity contribution >= 4 is 16.9 Å². The molecule has 2 N–H and O–H groups in total. The highest BCUT2D eigenvalue weighted by atomic mass is 19.4. The number of aromatic nitrogens is 7. The average Bonchev–Trinajstić information content (AvgIpc) is 3.44. The maximum Gasteiger partial charge on any atom is 0.573 e. The molecule has 3 aromatic heterocycles. The summed E-state index contributed by atoms with van der Waals surface area (Å²) in [6.45, 7) is 0.179. The number of hydrogen-bond donors (Lipinski definition) is 2. The third kappa shape index (κ3) is 5.63. The number of nitrogens with zero attached hydrogens (tertiary/aromatic N) is 6. The number of para-hydroxylation sites is 1. The molecule has 238 valence electrons. The van der Waals surface area contributed by atoms with Crippen molar-refractivity contribution < 1.29 is 31.6 Å². The van der Waals surface area contributed by atoms with Gasteiger partial charge in [0.2, 0.25) is 0 Å². The molecule has 2 bridgehead atoms. The maximum absolute atomic E-state index is 14.5. The summed E-state index contributed by atoms with van der Waals surface area (Å²) in [5.41, 5.74) is 2.49. The Balaban J connectivity index is 0.977. The van der Waals surface area contributed by atoms with E-state index in [1.165, 1.54) is 24.3 Å². The fourth-order valence-electron chi connectivity index (χ4n) is 7.05. The van der Waals surface area contributed by atoms with Crippen LogP contribution in [0.3, 0.4) is 0 Å². The van der Waals surface area contributed by atoms with Gasteiger partial charge in [-0.3, -0.25) is 0 Å². The number of rotatable bonds is 9. The number of fused-ring (bicyclic) bond motifs is 3. The van der Waals surface area contributed by atoms with Gasteiger partial charge in [0, 0.05) is 29.2 Å². The van der Waals surface area contributed by atoms with Gasteiger partial charge in [0.1, 0.15) is 34.4 Å². The lowest BCUT2D eigenvalue weighted by molar-refractivity contribution is -0.274. The fourth-order valence-corrected chi connectivity index (χ4v) is 7.05. The monoisotopic (exact) mass is 636 g/mol. The summed E-state index contributed by atoms with van der Waals surface area (Å²) in [5.74, 6) is 1.55. The van der Waals surface area contributed by atoms with E-state index in [0.717, 1.165) is 38.5 Å². The molecule has 2 unspecified atom stereocenters. The van der Waals surface area contributed by atoms with Gasteiger partial charge in [-0.05, 0) is 79.0 Å². The molecule has 0 aliphatic heterocycles. The van der Waals surface area contributed by atoms with Gasteiger partial charge in [-0.15, -0.1) is 18.3 Å². The van der Waals surface area contributed by atoms with Gasteiger partial charge < -0.3 is 19.3 Å². The van der Waals surface area contributed by atoms with E-state index < -0.39 is 12.2 Å². The van der Waals surface area contributed by atoms with Crippen molar-refractivity contribution in [3.05, 3.63) is 59.7 Å². The van der Waals surface area contributed by atoms with E-state index in [1.54, 1.807) is 18.3 Å². The van der Waals surface area contributed by atoms with Gasteiger partial charge in [-0.1, -0.05) is 17.3 Å². The highest BCUT2D eigenvalue weighted by Gasteiger charge is 2.44. The molecule has 5 aromatic rings. The predicted octanol–water partition coefficient (Wildman–Crippen LogP) is 6.57. The van der Waals surface area contributed by atoms with Gasteiger partial charge in [-0.2, -0.15) is 0 Å². The van der Waals surface area contributed by atoms with E-state index in [0.29, 0.717) is 57.1 Å². The minimum atomic E-state index is -4.84. The van der Waals surface area contributed by atoms with Crippen molar-refractivity contribution in [3.8, 4) is 28.4 Å². The van der Waals surface area contributed by atoms with Crippen LogP contribution in [0.1, 0.15) is 55.8 Å². The molecule has 3 aliphatic rings. The van der Waals surface area contributed by atoms with Crippen molar-refractivity contribution in [1.29, 1.82) is 0 Å². The minimum Gasteiger partial charge on any atom is -0.405 e. The van der Waals surface area contributed by atoms with Crippen LogP contribution in [-0.4, -0.2) is 54.3 Å². The van der Waals surface area contributed by atoms with Crippen LogP contribution >= 0.6 is 0 Å². The first kappa shape index (κ1) is 28.8. The molecule has 2 atom stereocenters. The molecule has 0 saturated heterocycles. The number of ether oxygens (including phenoxy) is 2. The van der Waals surface area contributed by atoms with Crippen LogP contribution in [0.15, 0.2) is 47.1 Å².